The molecule has 2 nitrogen and oxygen atoms in total. The maximum Gasteiger partial charge on any atom is 0.0727 e. The normalized spacial score (nSPS) is 14.4. The van der Waals surface area contributed by atoms with Crippen LogP contribution < -0.4 is 9.80 Å². The summed E-state index contributed by atoms with van der Waals surface area (Å²) in [6.07, 6.45) is 0. The zero-order valence-electron chi connectivity index (χ0n) is 34.5. The topological polar surface area (TPSA) is 6.48 Å². The van der Waals surface area contributed by atoms with Crippen LogP contribution in [0.1, 0.15) is 22.3 Å². The van der Waals surface area contributed by atoms with E-state index < -0.39 is 5.41 Å². The minimum Gasteiger partial charge on any atom is -0.310 e. The Morgan fingerprint density at radius 1 is 0.254 bits per heavy atom. The van der Waals surface area contributed by atoms with E-state index in [4.69, 9.17) is 0 Å². The molecule has 294 valence electrons. The van der Waals surface area contributed by atoms with Crippen molar-refractivity contribution in [2.75, 3.05) is 9.80 Å². The molecule has 0 fully saturated rings. The van der Waals surface area contributed by atoms with Crippen molar-refractivity contribution < 1.29 is 0 Å². The number of hydrogen-bond donors (Lipinski definition) is 0. The van der Waals surface area contributed by atoms with Crippen molar-refractivity contribution in [1.29, 1.82) is 0 Å². The number of nitrogens with zero attached hydrogens (tertiary/aromatic N) is 2. The van der Waals surface area contributed by atoms with Gasteiger partial charge in [-0.3, -0.25) is 0 Å². The van der Waals surface area contributed by atoms with Gasteiger partial charge in [-0.2, -0.15) is 0 Å². The fourth-order valence-electron chi connectivity index (χ4n) is 10.9. The van der Waals surface area contributed by atoms with Crippen molar-refractivity contribution in [3.8, 4) is 22.3 Å². The number of benzene rings is 11. The van der Waals surface area contributed by atoms with Crippen molar-refractivity contribution >= 4 is 66.4 Å². The second-order valence-electron chi connectivity index (χ2n) is 16.8. The van der Waals surface area contributed by atoms with Crippen LogP contribution in [0.2, 0.25) is 0 Å². The average Bonchev–Trinajstić information content (AvgIpc) is 3.82. The molecule has 11 aromatic rings. The van der Waals surface area contributed by atoms with E-state index >= 15 is 0 Å². The molecule has 2 aliphatic carbocycles. The molecule has 0 N–H and O–H groups in total. The van der Waals surface area contributed by atoms with Crippen LogP contribution in [-0.2, 0) is 5.41 Å². The predicted molar refractivity (Wildman–Crippen MR) is 265 cm³/mol. The molecule has 63 heavy (non-hydrogen) atoms. The third-order valence-electron chi connectivity index (χ3n) is 13.6. The smallest absolute Gasteiger partial charge is 0.0727 e. The van der Waals surface area contributed by atoms with Gasteiger partial charge in [0.15, 0.2) is 0 Å². The van der Waals surface area contributed by atoms with Gasteiger partial charge >= 0.3 is 0 Å². The van der Waals surface area contributed by atoms with Crippen molar-refractivity contribution in [3.63, 3.8) is 0 Å². The van der Waals surface area contributed by atoms with Crippen LogP contribution in [0.4, 0.5) is 34.1 Å². The molecule has 0 radical (unpaired) electrons. The molecule has 2 heteroatoms. The molecule has 2 aliphatic rings. The highest BCUT2D eigenvalue weighted by Crippen LogP contribution is 2.65. The van der Waals surface area contributed by atoms with Crippen LogP contribution in [-0.4, -0.2) is 0 Å². The molecular formula is C61H40N2. The standard InChI is InChI=1S/C61H40N2/c1-3-21-45(22-4-1)62(47-33-31-41-17-7-9-19-43(41)37-47)49-35-36-51-50-25-13-15-29-55(50)61(57(51)39-49)56-30-16-14-28-54(56)60-53-27-12-11-26-52(53)59(40-58(60)61)63(46-23-5-2-6-24-46)48-34-32-42-18-8-10-20-44(42)38-48/h1-40H. The number of fused-ring (bicyclic) bond motifs is 14. The summed E-state index contributed by atoms with van der Waals surface area (Å²) in [4.78, 5) is 4.90. The van der Waals surface area contributed by atoms with Crippen molar-refractivity contribution in [2.45, 2.75) is 5.41 Å². The average molecular weight is 801 g/mol. The zero-order valence-corrected chi connectivity index (χ0v) is 34.5. The van der Waals surface area contributed by atoms with Crippen molar-refractivity contribution in [2.24, 2.45) is 0 Å². The van der Waals surface area contributed by atoms with E-state index in [2.05, 4.69) is 252 Å². The molecule has 1 spiro atoms. The number of para-hydroxylation sites is 2. The lowest BCUT2D eigenvalue weighted by Gasteiger charge is -2.34. The minimum absolute atomic E-state index is 0.593. The molecule has 0 saturated carbocycles. The van der Waals surface area contributed by atoms with Crippen LogP contribution >= 0.6 is 0 Å². The Hall–Kier alpha value is -8.20. The van der Waals surface area contributed by atoms with Crippen LogP contribution in [0.25, 0.3) is 54.6 Å². The molecular weight excluding hydrogens is 761 g/mol. The lowest BCUT2D eigenvalue weighted by Crippen LogP contribution is -2.26. The van der Waals surface area contributed by atoms with E-state index in [1.165, 1.54) is 76.8 Å². The van der Waals surface area contributed by atoms with Gasteiger partial charge in [-0.15, -0.1) is 0 Å². The zero-order chi connectivity index (χ0) is 41.5. The second-order valence-corrected chi connectivity index (χ2v) is 16.8. The molecule has 1 atom stereocenters. The highest BCUT2D eigenvalue weighted by molar-refractivity contribution is 6.12. The Balaban J connectivity index is 1.12. The number of hydrogen-bond acceptors (Lipinski definition) is 2. The predicted octanol–water partition coefficient (Wildman–Crippen LogP) is 16.4. The van der Waals surface area contributed by atoms with Crippen LogP contribution in [0, 0.1) is 0 Å². The van der Waals surface area contributed by atoms with Gasteiger partial charge in [-0.05, 0) is 138 Å². The van der Waals surface area contributed by atoms with E-state index in [1.807, 2.05) is 0 Å². The third kappa shape index (κ3) is 5.25. The summed E-state index contributed by atoms with van der Waals surface area (Å²) in [5.41, 5.74) is 16.5. The lowest BCUT2D eigenvalue weighted by molar-refractivity contribution is 0.794. The molecule has 0 saturated heterocycles. The summed E-state index contributed by atoms with van der Waals surface area (Å²) in [5, 5.41) is 7.35. The molecule has 0 heterocycles. The van der Waals surface area contributed by atoms with E-state index in [-0.39, 0.29) is 0 Å². The van der Waals surface area contributed by atoms with E-state index in [9.17, 15) is 0 Å². The van der Waals surface area contributed by atoms with Crippen LogP contribution in [0.5, 0.6) is 0 Å². The second kappa shape index (κ2) is 13.9. The Bertz CT molecular complexity index is 3590. The molecule has 0 bridgehead atoms. The summed E-state index contributed by atoms with van der Waals surface area (Å²) in [6.45, 7) is 0. The fourth-order valence-corrected chi connectivity index (χ4v) is 10.9. The summed E-state index contributed by atoms with van der Waals surface area (Å²) in [5.74, 6) is 0. The first-order chi connectivity index (χ1) is 31.3. The monoisotopic (exact) mass is 800 g/mol. The molecule has 0 aliphatic heterocycles. The Kier molecular flexibility index (Phi) is 7.85. The summed E-state index contributed by atoms with van der Waals surface area (Å²) >= 11 is 0. The van der Waals surface area contributed by atoms with Gasteiger partial charge in [0, 0.05) is 33.8 Å². The molecule has 0 amide bonds. The Morgan fingerprint density at radius 3 is 1.38 bits per heavy atom. The highest BCUT2D eigenvalue weighted by atomic mass is 15.1. The summed E-state index contributed by atoms with van der Waals surface area (Å²) in [6, 6.07) is 89.8. The van der Waals surface area contributed by atoms with Gasteiger partial charge < -0.3 is 9.80 Å². The van der Waals surface area contributed by atoms with Gasteiger partial charge in [-0.25, -0.2) is 0 Å². The number of anilines is 6. The van der Waals surface area contributed by atoms with Gasteiger partial charge in [0.2, 0.25) is 0 Å². The quantitative estimate of drug-likeness (QED) is 0.165. The number of rotatable bonds is 6. The Labute approximate surface area is 367 Å². The molecule has 0 aromatic heterocycles. The van der Waals surface area contributed by atoms with Crippen molar-refractivity contribution in [1.82, 2.24) is 0 Å². The van der Waals surface area contributed by atoms with Gasteiger partial charge in [-0.1, -0.05) is 176 Å². The van der Waals surface area contributed by atoms with E-state index in [0.717, 1.165) is 34.1 Å². The lowest BCUT2D eigenvalue weighted by atomic mass is 9.70. The first-order valence-corrected chi connectivity index (χ1v) is 21.8. The first kappa shape index (κ1) is 35.5. The largest absolute Gasteiger partial charge is 0.310 e. The van der Waals surface area contributed by atoms with Gasteiger partial charge in [0.25, 0.3) is 0 Å². The minimum atomic E-state index is -0.593. The van der Waals surface area contributed by atoms with Crippen molar-refractivity contribution in [3.05, 3.63) is 265 Å². The molecule has 1 unspecified atom stereocenters. The maximum absolute atomic E-state index is 2.54. The summed E-state index contributed by atoms with van der Waals surface area (Å²) in [7, 11) is 0. The first-order valence-electron chi connectivity index (χ1n) is 21.8. The Morgan fingerprint density at radius 2 is 0.714 bits per heavy atom. The molecule has 11 aromatic carbocycles. The van der Waals surface area contributed by atoms with Gasteiger partial charge in [0.05, 0.1) is 11.1 Å². The summed E-state index contributed by atoms with van der Waals surface area (Å²) < 4.78 is 0. The van der Waals surface area contributed by atoms with E-state index in [0.29, 0.717) is 0 Å². The molecule has 13 rings (SSSR count). The highest BCUT2D eigenvalue weighted by Gasteiger charge is 2.52. The van der Waals surface area contributed by atoms with E-state index in [1.54, 1.807) is 0 Å². The van der Waals surface area contributed by atoms with Crippen LogP contribution in [0.15, 0.2) is 243 Å². The third-order valence-corrected chi connectivity index (χ3v) is 13.6. The van der Waals surface area contributed by atoms with Crippen LogP contribution in [0.3, 0.4) is 0 Å². The maximum atomic E-state index is 2.54. The fraction of sp³-hybridized carbons (Fsp3) is 0.0164. The SMILES string of the molecule is c1ccc(N(c2ccc3c(c2)C2(c4ccccc4-3)c3ccccc3-c3c2cc(N(c2ccccc2)c2ccc4ccccc4c2)c2ccccc32)c2ccc3ccccc3c2)cc1. The van der Waals surface area contributed by atoms with Gasteiger partial charge in [0.1, 0.15) is 0 Å².